The predicted octanol–water partition coefficient (Wildman–Crippen LogP) is 4.25. The minimum Gasteiger partial charge on any atom is -0.339 e. The van der Waals surface area contributed by atoms with Crippen molar-refractivity contribution in [1.82, 2.24) is 14.9 Å². The number of aromatic nitrogens is 2. The highest BCUT2D eigenvalue weighted by atomic mass is 35.5. The van der Waals surface area contributed by atoms with Gasteiger partial charge >= 0.3 is 0 Å². The van der Waals surface area contributed by atoms with Crippen molar-refractivity contribution in [3.05, 3.63) is 82.1 Å². The van der Waals surface area contributed by atoms with Gasteiger partial charge in [0.25, 0.3) is 0 Å². The maximum Gasteiger partial charge on any atom is 0.227 e. The van der Waals surface area contributed by atoms with Gasteiger partial charge in [-0.25, -0.2) is 9.97 Å². The van der Waals surface area contributed by atoms with Crippen molar-refractivity contribution in [2.45, 2.75) is 19.3 Å². The highest BCUT2D eigenvalue weighted by Crippen LogP contribution is 2.22. The Bertz CT molecular complexity index is 1130. The lowest BCUT2D eigenvalue weighted by Crippen LogP contribution is -2.49. The molecule has 9 heteroatoms. The van der Waals surface area contributed by atoms with E-state index in [2.05, 4.69) is 20.2 Å². The topological polar surface area (TPSA) is 78.4 Å². The molecular formula is C25H25Cl2N5O2. The summed E-state index contributed by atoms with van der Waals surface area (Å²) in [7, 11) is 0. The molecular weight excluding hydrogens is 473 g/mol. The second kappa shape index (κ2) is 11.3. The van der Waals surface area contributed by atoms with Crippen molar-refractivity contribution in [2.75, 3.05) is 36.4 Å². The summed E-state index contributed by atoms with van der Waals surface area (Å²) in [4.78, 5) is 37.5. The average molecular weight is 498 g/mol. The summed E-state index contributed by atoms with van der Waals surface area (Å²) in [6.45, 7) is 2.70. The van der Waals surface area contributed by atoms with Crippen molar-refractivity contribution in [2.24, 2.45) is 0 Å². The number of nitrogens with zero attached hydrogens (tertiary/aromatic N) is 4. The molecule has 0 unspecified atom stereocenters. The number of carbonyl (C=O) groups excluding carboxylic acids is 2. The Morgan fingerprint density at radius 3 is 2.32 bits per heavy atom. The lowest BCUT2D eigenvalue weighted by Gasteiger charge is -2.34. The quantitative estimate of drug-likeness (QED) is 0.527. The Hall–Kier alpha value is -3.16. The van der Waals surface area contributed by atoms with Crippen molar-refractivity contribution >= 4 is 46.7 Å². The molecule has 1 fully saturated rings. The van der Waals surface area contributed by atoms with Crippen LogP contribution in [-0.4, -0.2) is 52.9 Å². The van der Waals surface area contributed by atoms with Gasteiger partial charge < -0.3 is 15.1 Å². The fraction of sp³-hybridized carbons (Fsp3) is 0.280. The van der Waals surface area contributed by atoms with Crippen molar-refractivity contribution in [1.29, 1.82) is 0 Å². The summed E-state index contributed by atoms with van der Waals surface area (Å²) in [5, 5.41) is 4.02. The van der Waals surface area contributed by atoms with Crippen LogP contribution in [0.4, 0.5) is 11.6 Å². The van der Waals surface area contributed by atoms with Gasteiger partial charge in [0.1, 0.15) is 0 Å². The predicted molar refractivity (Wildman–Crippen MR) is 134 cm³/mol. The van der Waals surface area contributed by atoms with Crippen LogP contribution in [0.1, 0.15) is 17.5 Å². The summed E-state index contributed by atoms with van der Waals surface area (Å²) < 4.78 is 0. The first-order chi connectivity index (χ1) is 16.5. The van der Waals surface area contributed by atoms with Crippen molar-refractivity contribution in [3.63, 3.8) is 0 Å². The van der Waals surface area contributed by atoms with E-state index in [0.717, 1.165) is 11.1 Å². The third-order valence-electron chi connectivity index (χ3n) is 5.70. The fourth-order valence-electron chi connectivity index (χ4n) is 3.80. The highest BCUT2D eigenvalue weighted by molar-refractivity contribution is 6.35. The molecule has 1 aliphatic rings. The Balaban J connectivity index is 1.22. The largest absolute Gasteiger partial charge is 0.339 e. The van der Waals surface area contributed by atoms with Crippen molar-refractivity contribution in [3.8, 4) is 0 Å². The van der Waals surface area contributed by atoms with E-state index < -0.39 is 0 Å². The molecule has 2 heterocycles. The van der Waals surface area contributed by atoms with Crippen LogP contribution in [0.15, 0.2) is 60.9 Å². The van der Waals surface area contributed by atoms with Crippen LogP contribution >= 0.6 is 23.2 Å². The molecule has 0 bridgehead atoms. The van der Waals surface area contributed by atoms with Crippen LogP contribution in [0.25, 0.3) is 0 Å². The first kappa shape index (κ1) is 24.0. The summed E-state index contributed by atoms with van der Waals surface area (Å²) in [6, 6.07) is 14.4. The van der Waals surface area contributed by atoms with E-state index in [0.29, 0.717) is 67.1 Å². The third-order valence-corrected chi connectivity index (χ3v) is 6.28. The van der Waals surface area contributed by atoms with E-state index in [-0.39, 0.29) is 11.8 Å². The molecule has 0 radical (unpaired) electrons. The van der Waals surface area contributed by atoms with Gasteiger partial charge in [-0.2, -0.15) is 0 Å². The number of aryl methyl sites for hydroxylation is 1. The number of nitrogens with one attached hydrogen (secondary N) is 1. The summed E-state index contributed by atoms with van der Waals surface area (Å²) >= 11 is 12.1. The summed E-state index contributed by atoms with van der Waals surface area (Å²) in [6.07, 6.45) is 4.60. The van der Waals surface area contributed by atoms with E-state index in [1.807, 2.05) is 35.2 Å². The number of rotatable bonds is 7. The number of hydrogen-bond acceptors (Lipinski definition) is 5. The van der Waals surface area contributed by atoms with Crippen LogP contribution < -0.4 is 10.2 Å². The molecule has 0 aliphatic carbocycles. The minimum atomic E-state index is -0.102. The van der Waals surface area contributed by atoms with Gasteiger partial charge in [-0.1, -0.05) is 41.4 Å². The second-order valence-electron chi connectivity index (χ2n) is 8.07. The molecule has 0 spiro atoms. The molecule has 1 N–H and O–H groups in total. The molecule has 34 heavy (non-hydrogen) atoms. The molecule has 0 atom stereocenters. The third kappa shape index (κ3) is 6.46. The van der Waals surface area contributed by atoms with Gasteiger partial charge in [0, 0.05) is 60.7 Å². The lowest BCUT2D eigenvalue weighted by molar-refractivity contribution is -0.130. The zero-order valence-electron chi connectivity index (χ0n) is 18.6. The fourth-order valence-corrected chi connectivity index (χ4v) is 4.30. The van der Waals surface area contributed by atoms with Crippen molar-refractivity contribution < 1.29 is 9.59 Å². The highest BCUT2D eigenvalue weighted by Gasteiger charge is 2.22. The maximum atomic E-state index is 12.7. The smallest absolute Gasteiger partial charge is 0.227 e. The normalized spacial score (nSPS) is 13.6. The molecule has 176 valence electrons. The maximum absolute atomic E-state index is 12.7. The number of piperazine rings is 1. The number of amides is 2. The van der Waals surface area contributed by atoms with E-state index in [1.165, 1.54) is 0 Å². The molecule has 2 amide bonds. The SMILES string of the molecule is O=C(CCc1ccc(Cl)cc1Cl)Nc1ccc(CC(=O)N2CCN(c3ncccn3)CC2)cc1. The molecule has 1 saturated heterocycles. The van der Waals surface area contributed by atoms with E-state index in [1.54, 1.807) is 30.6 Å². The van der Waals surface area contributed by atoms with Gasteiger partial charge in [-0.05, 0) is 47.9 Å². The standard InChI is InChI=1S/C25H25Cl2N5O2/c26-20-6-4-19(22(27)17-20)5-9-23(33)30-21-7-2-18(3-8-21)16-24(34)31-12-14-32(15-13-31)25-28-10-1-11-29-25/h1-4,6-8,10-11,17H,5,9,12-16H2,(H,30,33). The van der Waals surface area contributed by atoms with Gasteiger partial charge in [-0.15, -0.1) is 0 Å². The van der Waals surface area contributed by atoms with Crippen LogP contribution in [-0.2, 0) is 22.4 Å². The molecule has 2 aromatic carbocycles. The van der Waals surface area contributed by atoms with Crippen LogP contribution in [0, 0.1) is 0 Å². The van der Waals surface area contributed by atoms with Gasteiger partial charge in [-0.3, -0.25) is 9.59 Å². The zero-order valence-corrected chi connectivity index (χ0v) is 20.1. The molecule has 7 nitrogen and oxygen atoms in total. The van der Waals surface area contributed by atoms with Crippen LogP contribution in [0.3, 0.4) is 0 Å². The summed E-state index contributed by atoms with van der Waals surface area (Å²) in [5.41, 5.74) is 2.48. The Morgan fingerprint density at radius 1 is 0.941 bits per heavy atom. The van der Waals surface area contributed by atoms with E-state index in [9.17, 15) is 9.59 Å². The second-order valence-corrected chi connectivity index (χ2v) is 8.92. The molecule has 0 saturated carbocycles. The van der Waals surface area contributed by atoms with Gasteiger partial charge in [0.15, 0.2) is 0 Å². The monoisotopic (exact) mass is 497 g/mol. The van der Waals surface area contributed by atoms with E-state index >= 15 is 0 Å². The average Bonchev–Trinajstić information content (AvgIpc) is 2.85. The Labute approximate surface area is 208 Å². The number of hydrogen-bond donors (Lipinski definition) is 1. The molecule has 1 aliphatic heterocycles. The lowest BCUT2D eigenvalue weighted by atomic mass is 10.1. The number of benzene rings is 2. The number of halogens is 2. The zero-order chi connectivity index (χ0) is 23.9. The number of carbonyl (C=O) groups is 2. The minimum absolute atomic E-state index is 0.0882. The summed E-state index contributed by atoms with van der Waals surface area (Å²) in [5.74, 6) is 0.684. The molecule has 3 aromatic rings. The van der Waals surface area contributed by atoms with Crippen LogP contribution in [0.2, 0.25) is 10.0 Å². The molecule has 1 aromatic heterocycles. The number of anilines is 2. The first-order valence-corrected chi connectivity index (χ1v) is 11.9. The van der Waals surface area contributed by atoms with Crippen LogP contribution in [0.5, 0.6) is 0 Å². The first-order valence-electron chi connectivity index (χ1n) is 11.1. The van der Waals surface area contributed by atoms with E-state index in [4.69, 9.17) is 23.2 Å². The van der Waals surface area contributed by atoms with Gasteiger partial charge in [0.05, 0.1) is 6.42 Å². The Morgan fingerprint density at radius 2 is 1.65 bits per heavy atom. The van der Waals surface area contributed by atoms with Gasteiger partial charge in [0.2, 0.25) is 17.8 Å². The molecule has 4 rings (SSSR count). The Kier molecular flexibility index (Phi) is 7.98.